The molecule has 0 aromatic heterocycles. The van der Waals surface area contributed by atoms with E-state index in [0.717, 1.165) is 37.7 Å². The second kappa shape index (κ2) is 7.24. The predicted molar refractivity (Wildman–Crippen MR) is 73.3 cm³/mol. The van der Waals surface area contributed by atoms with Crippen LogP contribution < -0.4 is 15.4 Å². The summed E-state index contributed by atoms with van der Waals surface area (Å²) < 4.78 is 10.7. The van der Waals surface area contributed by atoms with Gasteiger partial charge in [-0.3, -0.25) is 0 Å². The first-order valence-electron chi connectivity index (χ1n) is 6.59. The maximum atomic E-state index is 5.55. The van der Waals surface area contributed by atoms with Crippen molar-refractivity contribution in [2.45, 2.75) is 18.9 Å². The van der Waals surface area contributed by atoms with E-state index in [2.05, 4.69) is 10.6 Å². The largest absolute Gasteiger partial charge is 0.497 e. The van der Waals surface area contributed by atoms with Crippen LogP contribution in [0.3, 0.4) is 0 Å². The predicted octanol–water partition coefficient (Wildman–Crippen LogP) is 1.88. The smallest absolute Gasteiger partial charge is 0.120 e. The Morgan fingerprint density at radius 3 is 3.11 bits per heavy atom. The minimum absolute atomic E-state index is 0.418. The molecule has 4 heteroatoms. The van der Waals surface area contributed by atoms with Crippen molar-refractivity contribution in [1.82, 2.24) is 5.32 Å². The standard InChI is InChI=1S/C14H22N2O2/c1-17-13-5-2-4-12(10-13)16-8-7-15-11-14-6-3-9-18-14/h2,4-5,10,14-16H,3,6-9,11H2,1H3. The van der Waals surface area contributed by atoms with Gasteiger partial charge >= 0.3 is 0 Å². The molecule has 0 bridgehead atoms. The van der Waals surface area contributed by atoms with Crippen LogP contribution in [-0.2, 0) is 4.74 Å². The summed E-state index contributed by atoms with van der Waals surface area (Å²) in [6.45, 7) is 3.73. The van der Waals surface area contributed by atoms with E-state index in [4.69, 9.17) is 9.47 Å². The molecule has 0 spiro atoms. The van der Waals surface area contributed by atoms with Crippen LogP contribution >= 0.6 is 0 Å². The van der Waals surface area contributed by atoms with Gasteiger partial charge in [-0.15, -0.1) is 0 Å². The second-order valence-electron chi connectivity index (χ2n) is 4.50. The highest BCUT2D eigenvalue weighted by Crippen LogP contribution is 2.16. The van der Waals surface area contributed by atoms with Gasteiger partial charge in [-0.05, 0) is 25.0 Å². The van der Waals surface area contributed by atoms with Crippen LogP contribution in [0.4, 0.5) is 5.69 Å². The van der Waals surface area contributed by atoms with Gasteiger partial charge in [0.2, 0.25) is 0 Å². The molecule has 2 rings (SSSR count). The minimum atomic E-state index is 0.418. The summed E-state index contributed by atoms with van der Waals surface area (Å²) in [6, 6.07) is 7.98. The van der Waals surface area contributed by atoms with Crippen molar-refractivity contribution in [2.24, 2.45) is 0 Å². The average molecular weight is 250 g/mol. The minimum Gasteiger partial charge on any atom is -0.497 e. The van der Waals surface area contributed by atoms with Crippen molar-refractivity contribution < 1.29 is 9.47 Å². The van der Waals surface area contributed by atoms with Crippen molar-refractivity contribution >= 4 is 5.69 Å². The summed E-state index contributed by atoms with van der Waals surface area (Å²) in [6.07, 6.45) is 2.81. The van der Waals surface area contributed by atoms with Gasteiger partial charge < -0.3 is 20.1 Å². The van der Waals surface area contributed by atoms with Crippen LogP contribution in [0.2, 0.25) is 0 Å². The van der Waals surface area contributed by atoms with E-state index in [1.165, 1.54) is 12.8 Å². The third-order valence-electron chi connectivity index (χ3n) is 3.10. The van der Waals surface area contributed by atoms with Gasteiger partial charge in [-0.2, -0.15) is 0 Å². The summed E-state index contributed by atoms with van der Waals surface area (Å²) in [4.78, 5) is 0. The van der Waals surface area contributed by atoms with E-state index >= 15 is 0 Å². The molecule has 1 heterocycles. The zero-order valence-electron chi connectivity index (χ0n) is 10.9. The number of rotatable bonds is 7. The Hall–Kier alpha value is -1.26. The molecule has 1 atom stereocenters. The zero-order valence-corrected chi connectivity index (χ0v) is 10.9. The fraction of sp³-hybridized carbons (Fsp3) is 0.571. The van der Waals surface area contributed by atoms with Crippen LogP contribution in [0.25, 0.3) is 0 Å². The Bertz CT molecular complexity index is 351. The number of benzene rings is 1. The summed E-state index contributed by atoms with van der Waals surface area (Å²) in [5.41, 5.74) is 1.09. The maximum Gasteiger partial charge on any atom is 0.120 e. The molecule has 0 aliphatic carbocycles. The number of anilines is 1. The van der Waals surface area contributed by atoms with E-state index in [9.17, 15) is 0 Å². The van der Waals surface area contributed by atoms with Crippen molar-refractivity contribution in [3.05, 3.63) is 24.3 Å². The summed E-state index contributed by atoms with van der Waals surface area (Å²) in [5, 5.41) is 6.77. The molecule has 1 aliphatic rings. The lowest BCUT2D eigenvalue weighted by Crippen LogP contribution is -2.30. The number of hydrogen-bond acceptors (Lipinski definition) is 4. The number of nitrogens with one attached hydrogen (secondary N) is 2. The fourth-order valence-electron chi connectivity index (χ4n) is 2.10. The molecule has 0 amide bonds. The van der Waals surface area contributed by atoms with Gasteiger partial charge in [0.15, 0.2) is 0 Å². The summed E-state index contributed by atoms with van der Waals surface area (Å²) >= 11 is 0. The monoisotopic (exact) mass is 250 g/mol. The highest BCUT2D eigenvalue weighted by molar-refractivity contribution is 5.48. The van der Waals surface area contributed by atoms with E-state index in [1.54, 1.807) is 7.11 Å². The van der Waals surface area contributed by atoms with Crippen molar-refractivity contribution in [3.8, 4) is 5.75 Å². The van der Waals surface area contributed by atoms with E-state index in [0.29, 0.717) is 6.10 Å². The molecule has 2 N–H and O–H groups in total. The highest BCUT2D eigenvalue weighted by Gasteiger charge is 2.13. The molecule has 100 valence electrons. The fourth-order valence-corrected chi connectivity index (χ4v) is 2.10. The second-order valence-corrected chi connectivity index (χ2v) is 4.50. The lowest BCUT2D eigenvalue weighted by molar-refractivity contribution is 0.110. The van der Waals surface area contributed by atoms with Crippen LogP contribution in [0.5, 0.6) is 5.75 Å². The lowest BCUT2D eigenvalue weighted by Gasteiger charge is -2.12. The summed E-state index contributed by atoms with van der Waals surface area (Å²) in [5.74, 6) is 0.882. The zero-order chi connectivity index (χ0) is 12.6. The SMILES string of the molecule is COc1cccc(NCCNCC2CCCO2)c1. The Morgan fingerprint density at radius 2 is 2.33 bits per heavy atom. The van der Waals surface area contributed by atoms with E-state index in [1.807, 2.05) is 24.3 Å². The molecule has 0 saturated carbocycles. The van der Waals surface area contributed by atoms with E-state index < -0.39 is 0 Å². The van der Waals surface area contributed by atoms with Crippen LogP contribution in [0, 0.1) is 0 Å². The normalized spacial score (nSPS) is 18.8. The molecule has 4 nitrogen and oxygen atoms in total. The van der Waals surface area contributed by atoms with Crippen LogP contribution in [0.1, 0.15) is 12.8 Å². The maximum absolute atomic E-state index is 5.55. The summed E-state index contributed by atoms with van der Waals surface area (Å²) in [7, 11) is 1.68. The van der Waals surface area contributed by atoms with Gasteiger partial charge in [0.1, 0.15) is 5.75 Å². The number of methoxy groups -OCH3 is 1. The Morgan fingerprint density at radius 1 is 1.39 bits per heavy atom. The van der Waals surface area contributed by atoms with Crippen molar-refractivity contribution in [2.75, 3.05) is 38.7 Å². The number of ether oxygens (including phenoxy) is 2. The van der Waals surface area contributed by atoms with Crippen molar-refractivity contribution in [3.63, 3.8) is 0 Å². The molecule has 1 fully saturated rings. The topological polar surface area (TPSA) is 42.5 Å². The van der Waals surface area contributed by atoms with Crippen LogP contribution in [-0.4, -0.2) is 39.5 Å². The molecular weight excluding hydrogens is 228 g/mol. The molecular formula is C14H22N2O2. The molecule has 0 radical (unpaired) electrons. The van der Waals surface area contributed by atoms with Gasteiger partial charge in [-0.25, -0.2) is 0 Å². The Labute approximate surface area is 109 Å². The highest BCUT2D eigenvalue weighted by atomic mass is 16.5. The van der Waals surface area contributed by atoms with Gasteiger partial charge in [0.05, 0.1) is 13.2 Å². The third kappa shape index (κ3) is 4.20. The van der Waals surface area contributed by atoms with Crippen LogP contribution in [0.15, 0.2) is 24.3 Å². The molecule has 1 aromatic carbocycles. The first kappa shape index (κ1) is 13.2. The average Bonchev–Trinajstić information content (AvgIpc) is 2.92. The number of hydrogen-bond donors (Lipinski definition) is 2. The lowest BCUT2D eigenvalue weighted by atomic mass is 10.2. The van der Waals surface area contributed by atoms with Crippen molar-refractivity contribution in [1.29, 1.82) is 0 Å². The first-order chi connectivity index (χ1) is 8.88. The van der Waals surface area contributed by atoms with Gasteiger partial charge in [-0.1, -0.05) is 6.07 Å². The quantitative estimate of drug-likeness (QED) is 0.725. The Balaban J connectivity index is 1.59. The van der Waals surface area contributed by atoms with Gasteiger partial charge in [0, 0.05) is 38.0 Å². The third-order valence-corrected chi connectivity index (χ3v) is 3.10. The Kier molecular flexibility index (Phi) is 5.30. The first-order valence-corrected chi connectivity index (χ1v) is 6.59. The molecule has 18 heavy (non-hydrogen) atoms. The molecule has 1 aliphatic heterocycles. The molecule has 1 unspecified atom stereocenters. The molecule has 1 aromatic rings. The van der Waals surface area contributed by atoms with Gasteiger partial charge in [0.25, 0.3) is 0 Å². The molecule has 1 saturated heterocycles. The van der Waals surface area contributed by atoms with E-state index in [-0.39, 0.29) is 0 Å².